The second-order valence-electron chi connectivity index (χ2n) is 7.16. The molecule has 1 aliphatic carbocycles. The first-order chi connectivity index (χ1) is 7.16. The molecule has 0 N–H and O–H groups in total. The largest absolute Gasteiger partial charge is 0.409 e. The number of hydrogen-bond donors (Lipinski definition) is 0. The molecule has 1 aliphatic heterocycles. The van der Waals surface area contributed by atoms with E-state index < -0.39 is 8.32 Å². The fraction of sp³-hybridized carbons (Fsp3) is 1.00. The van der Waals surface area contributed by atoms with Crippen LogP contribution >= 0.6 is 0 Å². The summed E-state index contributed by atoms with van der Waals surface area (Å²) in [5, 5.41) is 0.290. The molecule has 0 spiro atoms. The maximum atomic E-state index is 6.60. The van der Waals surface area contributed by atoms with E-state index in [0.29, 0.717) is 12.2 Å². The number of rotatable bonds is 2. The van der Waals surface area contributed by atoms with E-state index in [2.05, 4.69) is 40.8 Å². The molecule has 2 aliphatic rings. The Labute approximate surface area is 101 Å². The van der Waals surface area contributed by atoms with Gasteiger partial charge in [0, 0.05) is 0 Å². The summed E-state index contributed by atoms with van der Waals surface area (Å²) < 4.78 is 12.3. The van der Waals surface area contributed by atoms with Gasteiger partial charge in [-0.3, -0.25) is 0 Å². The summed E-state index contributed by atoms with van der Waals surface area (Å²) >= 11 is 0. The molecule has 0 aromatic carbocycles. The molecule has 94 valence electrons. The lowest BCUT2D eigenvalue weighted by atomic mass is 9.87. The van der Waals surface area contributed by atoms with Crippen LogP contribution in [0.25, 0.3) is 0 Å². The fourth-order valence-corrected chi connectivity index (χ4v) is 4.23. The molecule has 2 nitrogen and oxygen atoms in total. The van der Waals surface area contributed by atoms with Crippen molar-refractivity contribution in [3.05, 3.63) is 0 Å². The average molecular weight is 242 g/mol. The summed E-state index contributed by atoms with van der Waals surface area (Å²) in [7, 11) is -1.66. The maximum absolute atomic E-state index is 6.60. The van der Waals surface area contributed by atoms with Crippen LogP contribution < -0.4 is 0 Å². The van der Waals surface area contributed by atoms with Crippen molar-refractivity contribution in [1.29, 1.82) is 0 Å². The second kappa shape index (κ2) is 3.56. The van der Waals surface area contributed by atoms with Gasteiger partial charge in [-0.05, 0) is 44.3 Å². The highest BCUT2D eigenvalue weighted by molar-refractivity contribution is 6.74. The van der Waals surface area contributed by atoms with Crippen LogP contribution in [0, 0.1) is 0 Å². The van der Waals surface area contributed by atoms with E-state index in [9.17, 15) is 0 Å². The second-order valence-corrected chi connectivity index (χ2v) is 11.9. The van der Waals surface area contributed by atoms with Crippen molar-refractivity contribution in [2.45, 2.75) is 82.9 Å². The Bertz CT molecular complexity index is 282. The summed E-state index contributed by atoms with van der Waals surface area (Å²) in [4.78, 5) is 0. The zero-order valence-corrected chi connectivity index (χ0v) is 12.6. The van der Waals surface area contributed by atoms with Crippen molar-refractivity contribution in [3.63, 3.8) is 0 Å². The topological polar surface area (TPSA) is 21.8 Å². The lowest BCUT2D eigenvalue weighted by Gasteiger charge is -2.44. The smallest absolute Gasteiger partial charge is 0.192 e. The number of epoxide rings is 1. The van der Waals surface area contributed by atoms with E-state index in [1.165, 1.54) is 19.3 Å². The maximum Gasteiger partial charge on any atom is 0.192 e. The Morgan fingerprint density at radius 2 is 1.94 bits per heavy atom. The van der Waals surface area contributed by atoms with Gasteiger partial charge in [0.1, 0.15) is 6.10 Å². The molecule has 16 heavy (non-hydrogen) atoms. The average Bonchev–Trinajstić information content (AvgIpc) is 2.80. The molecule has 0 radical (unpaired) electrons. The van der Waals surface area contributed by atoms with Crippen LogP contribution in [0.1, 0.15) is 47.0 Å². The van der Waals surface area contributed by atoms with Gasteiger partial charge in [0.2, 0.25) is 0 Å². The minimum absolute atomic E-state index is 0.00802. The van der Waals surface area contributed by atoms with Crippen LogP contribution in [-0.4, -0.2) is 26.1 Å². The molecule has 1 unspecified atom stereocenters. The van der Waals surface area contributed by atoms with Gasteiger partial charge in [-0.2, -0.15) is 0 Å². The summed E-state index contributed by atoms with van der Waals surface area (Å²) in [6.45, 7) is 13.8. The van der Waals surface area contributed by atoms with E-state index in [0.717, 1.165) is 0 Å². The summed E-state index contributed by atoms with van der Waals surface area (Å²) in [6, 6.07) is 0. The first kappa shape index (κ1) is 12.6. The highest BCUT2D eigenvalue weighted by Crippen LogP contribution is 2.49. The van der Waals surface area contributed by atoms with Crippen LogP contribution in [0.15, 0.2) is 0 Å². The Kier molecular flexibility index (Phi) is 2.80. The molecule has 1 heterocycles. The molecule has 0 bridgehead atoms. The third-order valence-electron chi connectivity index (χ3n) is 4.64. The Morgan fingerprint density at radius 3 is 2.50 bits per heavy atom. The molecule has 0 aromatic heterocycles. The highest BCUT2D eigenvalue weighted by atomic mass is 28.4. The van der Waals surface area contributed by atoms with Crippen molar-refractivity contribution >= 4 is 8.32 Å². The Balaban J connectivity index is 2.08. The summed E-state index contributed by atoms with van der Waals surface area (Å²) in [5.74, 6) is 0. The van der Waals surface area contributed by atoms with Gasteiger partial charge >= 0.3 is 0 Å². The van der Waals surface area contributed by atoms with Gasteiger partial charge in [-0.1, -0.05) is 20.8 Å². The first-order valence-corrected chi connectivity index (χ1v) is 9.42. The van der Waals surface area contributed by atoms with Gasteiger partial charge < -0.3 is 9.16 Å². The van der Waals surface area contributed by atoms with Crippen molar-refractivity contribution in [1.82, 2.24) is 0 Å². The molecule has 1 saturated carbocycles. The fourth-order valence-electron chi connectivity index (χ4n) is 2.54. The highest BCUT2D eigenvalue weighted by Gasteiger charge is 2.57. The summed E-state index contributed by atoms with van der Waals surface area (Å²) in [5.41, 5.74) is -0.00802. The molecule has 1 saturated heterocycles. The van der Waals surface area contributed by atoms with Crippen molar-refractivity contribution in [2.75, 3.05) is 0 Å². The molecular weight excluding hydrogens is 216 g/mol. The Morgan fingerprint density at radius 1 is 1.31 bits per heavy atom. The molecule has 0 aromatic rings. The zero-order valence-electron chi connectivity index (χ0n) is 11.6. The number of fused-ring (bicyclic) bond motifs is 1. The molecule has 2 fully saturated rings. The van der Waals surface area contributed by atoms with E-state index >= 15 is 0 Å². The normalized spacial score (nSPS) is 39.4. The zero-order chi connectivity index (χ0) is 12.2. The van der Waals surface area contributed by atoms with Gasteiger partial charge in [0.25, 0.3) is 0 Å². The van der Waals surface area contributed by atoms with Crippen molar-refractivity contribution in [2.24, 2.45) is 0 Å². The van der Waals surface area contributed by atoms with Crippen molar-refractivity contribution < 1.29 is 9.16 Å². The lowest BCUT2D eigenvalue weighted by Crippen LogP contribution is -2.52. The van der Waals surface area contributed by atoms with Crippen LogP contribution in [0.4, 0.5) is 0 Å². The van der Waals surface area contributed by atoms with Crippen LogP contribution in [0.2, 0.25) is 18.1 Å². The SMILES string of the molecule is CC1(O[Si](C)(C)C(C)(C)C)CCC[C@H]2O[C@H]21. The van der Waals surface area contributed by atoms with Gasteiger partial charge in [-0.25, -0.2) is 0 Å². The van der Waals surface area contributed by atoms with Crippen molar-refractivity contribution in [3.8, 4) is 0 Å². The third kappa shape index (κ3) is 2.09. The van der Waals surface area contributed by atoms with Crippen LogP contribution in [-0.2, 0) is 9.16 Å². The third-order valence-corrected chi connectivity index (χ3v) is 9.23. The molecule has 0 amide bonds. The molecule has 3 atom stereocenters. The minimum atomic E-state index is -1.66. The quantitative estimate of drug-likeness (QED) is 0.544. The van der Waals surface area contributed by atoms with E-state index in [4.69, 9.17) is 9.16 Å². The Hall–Kier alpha value is 0.137. The lowest BCUT2D eigenvalue weighted by molar-refractivity contribution is 0.0294. The van der Waals surface area contributed by atoms with Crippen LogP contribution in [0.3, 0.4) is 0 Å². The molecule has 2 rings (SSSR count). The van der Waals surface area contributed by atoms with E-state index in [1.54, 1.807) is 0 Å². The van der Waals surface area contributed by atoms with Gasteiger partial charge in [0.05, 0.1) is 11.7 Å². The standard InChI is InChI=1S/C13H26O2Si/c1-12(2,3)16(5,6)15-13(4)9-7-8-10-11(13)14-10/h10-11H,7-9H2,1-6H3/t10-,11-,13?/m1/s1. The summed E-state index contributed by atoms with van der Waals surface area (Å²) in [6.07, 6.45) is 4.55. The first-order valence-electron chi connectivity index (χ1n) is 6.51. The van der Waals surface area contributed by atoms with Crippen LogP contribution in [0.5, 0.6) is 0 Å². The van der Waals surface area contributed by atoms with Gasteiger partial charge in [-0.15, -0.1) is 0 Å². The van der Waals surface area contributed by atoms with Gasteiger partial charge in [0.15, 0.2) is 8.32 Å². The monoisotopic (exact) mass is 242 g/mol. The predicted molar refractivity (Wildman–Crippen MR) is 69.2 cm³/mol. The molecule has 3 heteroatoms. The molecular formula is C13H26O2Si. The number of hydrogen-bond acceptors (Lipinski definition) is 2. The van der Waals surface area contributed by atoms with E-state index in [1.807, 2.05) is 0 Å². The minimum Gasteiger partial charge on any atom is -0.409 e. The number of ether oxygens (including phenoxy) is 1. The van der Waals surface area contributed by atoms with E-state index in [-0.39, 0.29) is 10.6 Å². The predicted octanol–water partition coefficient (Wildman–Crippen LogP) is 3.72.